The standard InChI is InChI=1S/C22H19N5O/c1-14-3-5-20(25-10-14)18-9-17(18)13-28-22-19(11-24-15(2)26-22)16-4-6-21-23-7-8-27(21)12-16/h3-8,10-12H,9,13H2,1-2H3. The van der Waals surface area contributed by atoms with Gasteiger partial charge < -0.3 is 9.14 Å². The van der Waals surface area contributed by atoms with Gasteiger partial charge in [0.15, 0.2) is 0 Å². The molecule has 5 rings (SSSR count). The van der Waals surface area contributed by atoms with Gasteiger partial charge in [-0.3, -0.25) is 4.98 Å². The van der Waals surface area contributed by atoms with Gasteiger partial charge in [-0.1, -0.05) is 6.07 Å². The third-order valence-electron chi connectivity index (χ3n) is 4.87. The zero-order valence-corrected chi connectivity index (χ0v) is 15.8. The molecule has 0 amide bonds. The number of aryl methyl sites for hydroxylation is 2. The van der Waals surface area contributed by atoms with Gasteiger partial charge in [-0.05, 0) is 55.2 Å². The number of ether oxygens (including phenoxy) is 1. The molecule has 0 saturated heterocycles. The summed E-state index contributed by atoms with van der Waals surface area (Å²) in [4.78, 5) is 17.7. The Labute approximate surface area is 162 Å². The predicted octanol–water partition coefficient (Wildman–Crippen LogP) is 4.04. The van der Waals surface area contributed by atoms with Crippen molar-refractivity contribution in [3.05, 3.63) is 77.9 Å². The number of hydrogen-bond acceptors (Lipinski definition) is 5. The fourth-order valence-electron chi connectivity index (χ4n) is 3.22. The number of nitrogens with zero attached hydrogens (tertiary/aromatic N) is 5. The fourth-order valence-corrected chi connectivity index (χ4v) is 3.22. The molecule has 138 valence electrons. The lowest BCUT2D eigenvalue weighted by atomic mass is 10.1. The molecule has 6 nitrogen and oxygen atoms in total. The number of fused-ring (bicyclic) bond motifs is 1. The highest BCUT2D eigenvalue weighted by molar-refractivity contribution is 5.81. The van der Waals surface area contributed by atoms with Crippen LogP contribution in [0.25, 0.3) is 22.3 Å². The Morgan fingerprint density at radius 3 is 2.82 bits per heavy atom. The highest BCUT2D eigenvalue weighted by Gasteiger charge is 2.25. The maximum Gasteiger partial charge on any atom is 0.225 e. The molecule has 0 N–H and O–H groups in total. The van der Waals surface area contributed by atoms with Crippen molar-refractivity contribution in [3.8, 4) is 17.0 Å². The van der Waals surface area contributed by atoms with Gasteiger partial charge in [0.2, 0.25) is 5.88 Å². The summed E-state index contributed by atoms with van der Waals surface area (Å²) in [5, 5.41) is 0. The van der Waals surface area contributed by atoms with Gasteiger partial charge in [0.25, 0.3) is 0 Å². The Balaban J connectivity index is 1.41. The SMILES string of the molecule is Cc1ccc(C2=C(COc3nc(C)ncc3-c3ccc4nccn4c3)C2)nc1. The highest BCUT2D eigenvalue weighted by Crippen LogP contribution is 2.39. The van der Waals surface area contributed by atoms with Gasteiger partial charge in [-0.25, -0.2) is 9.97 Å². The van der Waals surface area contributed by atoms with Crippen molar-refractivity contribution in [2.45, 2.75) is 20.3 Å². The molecule has 0 radical (unpaired) electrons. The lowest BCUT2D eigenvalue weighted by molar-refractivity contribution is 0.342. The first kappa shape index (κ1) is 16.6. The minimum absolute atomic E-state index is 0.516. The zero-order chi connectivity index (χ0) is 19.1. The smallest absolute Gasteiger partial charge is 0.225 e. The molecule has 4 aromatic heterocycles. The molecular formula is C22H19N5O. The lowest BCUT2D eigenvalue weighted by Gasteiger charge is -2.10. The summed E-state index contributed by atoms with van der Waals surface area (Å²) in [5.74, 6) is 1.29. The average Bonchev–Trinajstić information content (AvgIpc) is 3.32. The first-order valence-electron chi connectivity index (χ1n) is 9.21. The Morgan fingerprint density at radius 1 is 1.04 bits per heavy atom. The van der Waals surface area contributed by atoms with Crippen LogP contribution >= 0.6 is 0 Å². The van der Waals surface area contributed by atoms with Crippen molar-refractivity contribution >= 4 is 11.2 Å². The van der Waals surface area contributed by atoms with Crippen LogP contribution < -0.4 is 4.74 Å². The van der Waals surface area contributed by atoms with Crippen LogP contribution in [0.4, 0.5) is 0 Å². The van der Waals surface area contributed by atoms with Crippen LogP contribution in [0.3, 0.4) is 0 Å². The molecule has 28 heavy (non-hydrogen) atoms. The van der Waals surface area contributed by atoms with Gasteiger partial charge >= 0.3 is 0 Å². The molecule has 4 heterocycles. The van der Waals surface area contributed by atoms with Crippen molar-refractivity contribution in [1.29, 1.82) is 0 Å². The Hall–Kier alpha value is -3.54. The predicted molar refractivity (Wildman–Crippen MR) is 107 cm³/mol. The van der Waals surface area contributed by atoms with Crippen LogP contribution in [0.15, 0.2) is 60.8 Å². The Morgan fingerprint density at radius 2 is 1.96 bits per heavy atom. The van der Waals surface area contributed by atoms with Crippen molar-refractivity contribution in [2.75, 3.05) is 6.61 Å². The molecule has 0 saturated carbocycles. The fraction of sp³-hybridized carbons (Fsp3) is 0.182. The van der Waals surface area contributed by atoms with Gasteiger partial charge in [0.1, 0.15) is 18.1 Å². The van der Waals surface area contributed by atoms with Gasteiger partial charge in [-0.2, -0.15) is 4.98 Å². The second-order valence-electron chi connectivity index (χ2n) is 7.01. The molecule has 0 atom stereocenters. The first-order chi connectivity index (χ1) is 13.7. The van der Waals surface area contributed by atoms with Crippen LogP contribution in [0.2, 0.25) is 0 Å². The number of allylic oxidation sites excluding steroid dienone is 1. The summed E-state index contributed by atoms with van der Waals surface area (Å²) in [6.07, 6.45) is 10.4. The molecule has 6 heteroatoms. The number of pyridine rings is 2. The number of hydrogen-bond donors (Lipinski definition) is 0. The van der Waals surface area contributed by atoms with Crippen LogP contribution in [-0.2, 0) is 0 Å². The summed E-state index contributed by atoms with van der Waals surface area (Å²) in [6, 6.07) is 8.15. The van der Waals surface area contributed by atoms with E-state index in [9.17, 15) is 0 Å². The number of aromatic nitrogens is 5. The number of imidazole rings is 1. The normalized spacial score (nSPS) is 13.2. The lowest BCUT2D eigenvalue weighted by Crippen LogP contribution is -2.02. The quantitative estimate of drug-likeness (QED) is 0.531. The minimum atomic E-state index is 0.516. The van der Waals surface area contributed by atoms with Crippen molar-refractivity contribution in [2.24, 2.45) is 0 Å². The maximum absolute atomic E-state index is 6.10. The van der Waals surface area contributed by atoms with E-state index in [2.05, 4.69) is 32.1 Å². The second kappa shape index (κ2) is 6.56. The van der Waals surface area contributed by atoms with E-state index in [0.717, 1.165) is 28.9 Å². The monoisotopic (exact) mass is 369 g/mol. The van der Waals surface area contributed by atoms with Crippen LogP contribution in [0, 0.1) is 13.8 Å². The van der Waals surface area contributed by atoms with E-state index >= 15 is 0 Å². The summed E-state index contributed by atoms with van der Waals surface area (Å²) in [7, 11) is 0. The average molecular weight is 369 g/mol. The van der Waals surface area contributed by atoms with Crippen molar-refractivity contribution in [3.63, 3.8) is 0 Å². The zero-order valence-electron chi connectivity index (χ0n) is 15.8. The summed E-state index contributed by atoms with van der Waals surface area (Å²) < 4.78 is 8.08. The molecule has 0 aromatic carbocycles. The van der Waals surface area contributed by atoms with Crippen LogP contribution in [0.5, 0.6) is 5.88 Å². The van der Waals surface area contributed by atoms with Gasteiger partial charge in [0, 0.05) is 36.5 Å². The third-order valence-corrected chi connectivity index (χ3v) is 4.87. The van der Waals surface area contributed by atoms with E-state index in [4.69, 9.17) is 4.74 Å². The Kier molecular flexibility index (Phi) is 3.90. The van der Waals surface area contributed by atoms with Crippen molar-refractivity contribution in [1.82, 2.24) is 24.3 Å². The van der Waals surface area contributed by atoms with Crippen LogP contribution in [-0.4, -0.2) is 30.9 Å². The highest BCUT2D eigenvalue weighted by atomic mass is 16.5. The van der Waals surface area contributed by atoms with E-state index in [1.54, 1.807) is 6.20 Å². The van der Waals surface area contributed by atoms with Crippen LogP contribution in [0.1, 0.15) is 23.5 Å². The third kappa shape index (κ3) is 3.13. The molecular weight excluding hydrogens is 350 g/mol. The van der Waals surface area contributed by atoms with E-state index < -0.39 is 0 Å². The maximum atomic E-state index is 6.10. The molecule has 1 aliphatic carbocycles. The molecule has 0 fully saturated rings. The van der Waals surface area contributed by atoms with E-state index in [1.807, 2.05) is 55.2 Å². The molecule has 1 aliphatic rings. The van der Waals surface area contributed by atoms with Gasteiger partial charge in [-0.15, -0.1) is 0 Å². The van der Waals surface area contributed by atoms with E-state index in [1.165, 1.54) is 16.7 Å². The summed E-state index contributed by atoms with van der Waals surface area (Å²) in [6.45, 7) is 4.43. The molecule has 0 bridgehead atoms. The minimum Gasteiger partial charge on any atom is -0.473 e. The number of rotatable bonds is 5. The van der Waals surface area contributed by atoms with Gasteiger partial charge in [0.05, 0.1) is 11.3 Å². The molecule has 0 aliphatic heterocycles. The molecule has 4 aromatic rings. The summed E-state index contributed by atoms with van der Waals surface area (Å²) in [5.41, 5.74) is 7.50. The van der Waals surface area contributed by atoms with E-state index in [-0.39, 0.29) is 0 Å². The Bertz CT molecular complexity index is 1210. The second-order valence-corrected chi connectivity index (χ2v) is 7.01. The molecule has 0 spiro atoms. The van der Waals surface area contributed by atoms with Crippen molar-refractivity contribution < 1.29 is 4.74 Å². The molecule has 0 unspecified atom stereocenters. The largest absolute Gasteiger partial charge is 0.473 e. The van der Waals surface area contributed by atoms with E-state index in [0.29, 0.717) is 18.3 Å². The summed E-state index contributed by atoms with van der Waals surface area (Å²) >= 11 is 0. The topological polar surface area (TPSA) is 65.2 Å². The first-order valence-corrected chi connectivity index (χ1v) is 9.21.